The molecule has 4 nitrogen and oxygen atoms in total. The van der Waals surface area contributed by atoms with Gasteiger partial charge in [0.1, 0.15) is 11.5 Å². The molecule has 0 radical (unpaired) electrons. The van der Waals surface area contributed by atoms with Crippen molar-refractivity contribution in [3.63, 3.8) is 0 Å². The van der Waals surface area contributed by atoms with E-state index < -0.39 is 0 Å². The van der Waals surface area contributed by atoms with Gasteiger partial charge >= 0.3 is 0 Å². The van der Waals surface area contributed by atoms with Gasteiger partial charge in [-0.15, -0.1) is 0 Å². The summed E-state index contributed by atoms with van der Waals surface area (Å²) in [5.41, 5.74) is 3.30. The largest absolute Gasteiger partial charge is 0.493 e. The fourth-order valence-electron chi connectivity index (χ4n) is 3.42. The molecule has 146 valence electrons. The summed E-state index contributed by atoms with van der Waals surface area (Å²) in [5.74, 6) is 3.08. The highest BCUT2D eigenvalue weighted by molar-refractivity contribution is 5.90. The summed E-state index contributed by atoms with van der Waals surface area (Å²) in [7, 11) is 3.30. The molecule has 0 N–H and O–H groups in total. The van der Waals surface area contributed by atoms with Crippen molar-refractivity contribution in [3.8, 4) is 23.0 Å². The van der Waals surface area contributed by atoms with Gasteiger partial charge in [0, 0.05) is 17.3 Å². The van der Waals surface area contributed by atoms with Gasteiger partial charge in [-0.05, 0) is 66.3 Å². The van der Waals surface area contributed by atoms with Crippen LogP contribution in [0.4, 0.5) is 0 Å². The number of fused-ring (bicyclic) bond motifs is 1. The van der Waals surface area contributed by atoms with Crippen LogP contribution in [0.2, 0.25) is 0 Å². The Bertz CT molecular complexity index is 1120. The molecule has 0 unspecified atom stereocenters. The van der Waals surface area contributed by atoms with Crippen molar-refractivity contribution in [1.82, 2.24) is 4.98 Å². The standard InChI is InChI=1S/C25H23NO3/c1-17-22-14-24(27-2)25(28-3)15-23(22)19(16-26-17)13-18-9-11-21(12-10-18)29-20-7-5-4-6-8-20/h4-12,14-16H,13H2,1-3H3. The number of rotatable bonds is 6. The lowest BCUT2D eigenvalue weighted by Crippen LogP contribution is -1.97. The number of nitrogens with zero attached hydrogens (tertiary/aromatic N) is 1. The van der Waals surface area contributed by atoms with Crippen molar-refractivity contribution in [1.29, 1.82) is 0 Å². The van der Waals surface area contributed by atoms with Crippen LogP contribution in [0.5, 0.6) is 23.0 Å². The number of benzene rings is 3. The molecular weight excluding hydrogens is 362 g/mol. The molecule has 0 saturated heterocycles. The molecule has 29 heavy (non-hydrogen) atoms. The Labute approximate surface area is 170 Å². The lowest BCUT2D eigenvalue weighted by atomic mass is 9.99. The second-order valence-corrected chi connectivity index (χ2v) is 6.86. The van der Waals surface area contributed by atoms with Crippen LogP contribution < -0.4 is 14.2 Å². The molecule has 0 aliphatic heterocycles. The third-order valence-corrected chi connectivity index (χ3v) is 4.97. The van der Waals surface area contributed by atoms with Crippen LogP contribution in [0.15, 0.2) is 72.9 Å². The Balaban J connectivity index is 1.63. The van der Waals surface area contributed by atoms with Crippen LogP contribution in [0.25, 0.3) is 10.8 Å². The second kappa shape index (κ2) is 8.23. The van der Waals surface area contributed by atoms with E-state index in [-0.39, 0.29) is 0 Å². The molecule has 0 spiro atoms. The van der Waals surface area contributed by atoms with E-state index in [0.717, 1.165) is 45.7 Å². The summed E-state index contributed by atoms with van der Waals surface area (Å²) in [6.45, 7) is 2.01. The van der Waals surface area contributed by atoms with Crippen molar-refractivity contribution >= 4 is 10.8 Å². The fraction of sp³-hybridized carbons (Fsp3) is 0.160. The molecule has 1 heterocycles. The normalized spacial score (nSPS) is 10.7. The molecule has 3 aromatic carbocycles. The van der Waals surface area contributed by atoms with E-state index in [0.29, 0.717) is 5.75 Å². The van der Waals surface area contributed by atoms with Gasteiger partial charge in [0.2, 0.25) is 0 Å². The van der Waals surface area contributed by atoms with Gasteiger partial charge in [0.15, 0.2) is 11.5 Å². The maximum Gasteiger partial charge on any atom is 0.161 e. The van der Waals surface area contributed by atoms with Gasteiger partial charge in [-0.2, -0.15) is 0 Å². The summed E-state index contributed by atoms with van der Waals surface area (Å²) in [6.07, 6.45) is 2.71. The van der Waals surface area contributed by atoms with Gasteiger partial charge in [0.25, 0.3) is 0 Å². The van der Waals surface area contributed by atoms with E-state index in [1.165, 1.54) is 5.56 Å². The fourth-order valence-corrected chi connectivity index (χ4v) is 3.42. The minimum atomic E-state index is 0.712. The molecule has 0 aliphatic carbocycles. The Hall–Kier alpha value is -3.53. The van der Waals surface area contributed by atoms with Crippen LogP contribution in [-0.4, -0.2) is 19.2 Å². The topological polar surface area (TPSA) is 40.6 Å². The maximum absolute atomic E-state index is 5.88. The van der Waals surface area contributed by atoms with E-state index in [9.17, 15) is 0 Å². The molecular formula is C25H23NO3. The first kappa shape index (κ1) is 18.8. The van der Waals surface area contributed by atoms with E-state index in [4.69, 9.17) is 14.2 Å². The van der Waals surface area contributed by atoms with E-state index in [1.54, 1.807) is 14.2 Å². The number of hydrogen-bond donors (Lipinski definition) is 0. The monoisotopic (exact) mass is 385 g/mol. The number of ether oxygens (including phenoxy) is 3. The summed E-state index contributed by atoms with van der Waals surface area (Å²) in [4.78, 5) is 4.59. The smallest absolute Gasteiger partial charge is 0.161 e. The third-order valence-electron chi connectivity index (χ3n) is 4.97. The molecule has 0 bridgehead atoms. The summed E-state index contributed by atoms with van der Waals surface area (Å²) in [6, 6.07) is 22.0. The van der Waals surface area contributed by atoms with Crippen molar-refractivity contribution in [3.05, 3.63) is 89.7 Å². The first-order valence-corrected chi connectivity index (χ1v) is 9.50. The molecule has 4 aromatic rings. The molecule has 0 saturated carbocycles. The predicted octanol–water partition coefficient (Wildman–Crippen LogP) is 5.94. The van der Waals surface area contributed by atoms with Crippen LogP contribution in [0.3, 0.4) is 0 Å². The third kappa shape index (κ3) is 4.02. The van der Waals surface area contributed by atoms with Crippen molar-refractivity contribution in [2.75, 3.05) is 14.2 Å². The lowest BCUT2D eigenvalue weighted by molar-refractivity contribution is 0.356. The van der Waals surface area contributed by atoms with Crippen molar-refractivity contribution < 1.29 is 14.2 Å². The van der Waals surface area contributed by atoms with E-state index >= 15 is 0 Å². The summed E-state index contributed by atoms with van der Waals surface area (Å²) < 4.78 is 16.8. The molecule has 1 aromatic heterocycles. The SMILES string of the molecule is COc1cc2c(Cc3ccc(Oc4ccccc4)cc3)cnc(C)c2cc1OC. The van der Waals surface area contributed by atoms with Crippen LogP contribution in [0.1, 0.15) is 16.8 Å². The number of aryl methyl sites for hydroxylation is 1. The Kier molecular flexibility index (Phi) is 5.34. The van der Waals surface area contributed by atoms with Crippen LogP contribution in [-0.2, 0) is 6.42 Å². The zero-order valence-corrected chi connectivity index (χ0v) is 16.8. The maximum atomic E-state index is 5.88. The average molecular weight is 385 g/mol. The summed E-state index contributed by atoms with van der Waals surface area (Å²) in [5, 5.41) is 2.20. The number of aromatic nitrogens is 1. The van der Waals surface area contributed by atoms with Gasteiger partial charge in [-0.3, -0.25) is 4.98 Å². The molecule has 0 aliphatic rings. The van der Waals surface area contributed by atoms with Gasteiger partial charge < -0.3 is 14.2 Å². The minimum absolute atomic E-state index is 0.712. The molecule has 4 rings (SSSR count). The average Bonchev–Trinajstić information content (AvgIpc) is 2.77. The Morgan fingerprint density at radius 2 is 1.38 bits per heavy atom. The summed E-state index contributed by atoms with van der Waals surface area (Å²) >= 11 is 0. The number of pyridine rings is 1. The van der Waals surface area contributed by atoms with E-state index in [2.05, 4.69) is 17.1 Å². The first-order chi connectivity index (χ1) is 14.2. The highest BCUT2D eigenvalue weighted by Gasteiger charge is 2.12. The van der Waals surface area contributed by atoms with Gasteiger partial charge in [-0.1, -0.05) is 30.3 Å². The van der Waals surface area contributed by atoms with Gasteiger partial charge in [-0.25, -0.2) is 0 Å². The van der Waals surface area contributed by atoms with Crippen molar-refractivity contribution in [2.24, 2.45) is 0 Å². The van der Waals surface area contributed by atoms with Crippen molar-refractivity contribution in [2.45, 2.75) is 13.3 Å². The zero-order valence-electron chi connectivity index (χ0n) is 16.8. The Morgan fingerprint density at radius 3 is 2.03 bits per heavy atom. The predicted molar refractivity (Wildman–Crippen MR) is 115 cm³/mol. The number of hydrogen-bond acceptors (Lipinski definition) is 4. The van der Waals surface area contributed by atoms with Crippen LogP contribution in [0, 0.1) is 6.92 Å². The lowest BCUT2D eigenvalue weighted by Gasteiger charge is -2.13. The zero-order chi connectivity index (χ0) is 20.2. The highest BCUT2D eigenvalue weighted by atomic mass is 16.5. The molecule has 0 amide bonds. The highest BCUT2D eigenvalue weighted by Crippen LogP contribution is 2.35. The van der Waals surface area contributed by atoms with Crippen LogP contribution >= 0.6 is 0 Å². The molecule has 4 heteroatoms. The van der Waals surface area contributed by atoms with E-state index in [1.807, 2.05) is 67.7 Å². The van der Waals surface area contributed by atoms with Gasteiger partial charge in [0.05, 0.1) is 14.2 Å². The minimum Gasteiger partial charge on any atom is -0.493 e. The second-order valence-electron chi connectivity index (χ2n) is 6.86. The molecule has 0 atom stereocenters. The quantitative estimate of drug-likeness (QED) is 0.412. The first-order valence-electron chi connectivity index (χ1n) is 9.50. The Morgan fingerprint density at radius 1 is 0.759 bits per heavy atom. The molecule has 0 fully saturated rings. The number of para-hydroxylation sites is 1. The number of methoxy groups -OCH3 is 2.